The van der Waals surface area contributed by atoms with E-state index in [2.05, 4.69) is 42.8 Å². The quantitative estimate of drug-likeness (QED) is 0.568. The van der Waals surface area contributed by atoms with Crippen LogP contribution in [-0.2, 0) is 4.74 Å². The van der Waals surface area contributed by atoms with E-state index in [4.69, 9.17) is 4.74 Å². The van der Waals surface area contributed by atoms with Crippen molar-refractivity contribution in [2.24, 2.45) is 0 Å². The van der Waals surface area contributed by atoms with Crippen molar-refractivity contribution < 1.29 is 4.74 Å². The fourth-order valence-corrected chi connectivity index (χ4v) is 1.71. The number of hydrogen-bond donors (Lipinski definition) is 1. The highest BCUT2D eigenvalue weighted by Crippen LogP contribution is 2.18. The minimum atomic E-state index is 0.775. The van der Waals surface area contributed by atoms with E-state index in [1.54, 1.807) is 11.8 Å². The Kier molecular flexibility index (Phi) is 6.28. The summed E-state index contributed by atoms with van der Waals surface area (Å²) < 4.78 is 5.39. The number of rotatable bonds is 7. The highest BCUT2D eigenvalue weighted by atomic mass is 32.2. The van der Waals surface area contributed by atoms with Crippen LogP contribution in [-0.4, -0.2) is 26.0 Å². The number of nitrogens with one attached hydrogen (secondary N) is 1. The molecule has 0 radical (unpaired) electrons. The molecule has 84 valence electrons. The molecule has 0 atom stereocenters. The SMILES string of the molecule is CCCOCCNc1cccc(SC)c1. The van der Waals surface area contributed by atoms with Crippen molar-refractivity contribution in [1.29, 1.82) is 0 Å². The largest absolute Gasteiger partial charge is 0.383 e. The van der Waals surface area contributed by atoms with Crippen molar-refractivity contribution >= 4 is 17.4 Å². The maximum atomic E-state index is 5.39. The predicted octanol–water partition coefficient (Wildman–Crippen LogP) is 3.25. The van der Waals surface area contributed by atoms with Crippen molar-refractivity contribution in [2.45, 2.75) is 18.2 Å². The third-order valence-corrected chi connectivity index (χ3v) is 2.72. The fraction of sp³-hybridized carbons (Fsp3) is 0.500. The van der Waals surface area contributed by atoms with Crippen LogP contribution in [0.4, 0.5) is 5.69 Å². The first-order valence-corrected chi connectivity index (χ1v) is 6.55. The Labute approximate surface area is 96.4 Å². The van der Waals surface area contributed by atoms with Gasteiger partial charge in [-0.05, 0) is 30.9 Å². The third-order valence-electron chi connectivity index (χ3n) is 1.99. The second-order valence-electron chi connectivity index (χ2n) is 3.27. The zero-order valence-corrected chi connectivity index (χ0v) is 10.3. The van der Waals surface area contributed by atoms with Gasteiger partial charge in [0, 0.05) is 23.7 Å². The molecule has 1 rings (SSSR count). The van der Waals surface area contributed by atoms with Gasteiger partial charge in [-0.1, -0.05) is 13.0 Å². The zero-order chi connectivity index (χ0) is 10.9. The van der Waals surface area contributed by atoms with Crippen molar-refractivity contribution in [1.82, 2.24) is 0 Å². The Morgan fingerprint density at radius 3 is 2.93 bits per heavy atom. The summed E-state index contributed by atoms with van der Waals surface area (Å²) in [5, 5.41) is 3.34. The van der Waals surface area contributed by atoms with Crippen LogP contribution in [0.25, 0.3) is 0 Å². The molecule has 0 saturated heterocycles. The molecule has 0 aliphatic heterocycles. The van der Waals surface area contributed by atoms with Crippen LogP contribution >= 0.6 is 11.8 Å². The molecule has 0 aliphatic rings. The van der Waals surface area contributed by atoms with Crippen LogP contribution < -0.4 is 5.32 Å². The second kappa shape index (κ2) is 7.60. The van der Waals surface area contributed by atoms with E-state index in [9.17, 15) is 0 Å². The van der Waals surface area contributed by atoms with Crippen molar-refractivity contribution in [2.75, 3.05) is 31.3 Å². The smallest absolute Gasteiger partial charge is 0.0639 e. The lowest BCUT2D eigenvalue weighted by Gasteiger charge is -2.07. The van der Waals surface area contributed by atoms with Gasteiger partial charge in [0.2, 0.25) is 0 Å². The summed E-state index contributed by atoms with van der Waals surface area (Å²) in [5.41, 5.74) is 1.17. The van der Waals surface area contributed by atoms with Gasteiger partial charge in [0.25, 0.3) is 0 Å². The first kappa shape index (κ1) is 12.4. The summed E-state index contributed by atoms with van der Waals surface area (Å²) in [7, 11) is 0. The van der Waals surface area contributed by atoms with Crippen LogP contribution in [0.2, 0.25) is 0 Å². The number of hydrogen-bond acceptors (Lipinski definition) is 3. The third kappa shape index (κ3) is 5.09. The Hall–Kier alpha value is -0.670. The van der Waals surface area contributed by atoms with Gasteiger partial charge in [0.05, 0.1) is 6.61 Å². The molecule has 0 fully saturated rings. The van der Waals surface area contributed by atoms with Crippen LogP contribution in [0, 0.1) is 0 Å². The number of anilines is 1. The lowest BCUT2D eigenvalue weighted by atomic mass is 10.3. The first-order valence-electron chi connectivity index (χ1n) is 5.32. The molecule has 1 aromatic rings. The summed E-state index contributed by atoms with van der Waals surface area (Å²) in [6, 6.07) is 8.43. The summed E-state index contributed by atoms with van der Waals surface area (Å²) in [6.45, 7) is 4.62. The summed E-state index contributed by atoms with van der Waals surface area (Å²) in [6.07, 6.45) is 3.17. The summed E-state index contributed by atoms with van der Waals surface area (Å²) >= 11 is 1.76. The van der Waals surface area contributed by atoms with Gasteiger partial charge >= 0.3 is 0 Å². The molecule has 0 bridgehead atoms. The first-order chi connectivity index (χ1) is 7.36. The monoisotopic (exact) mass is 225 g/mol. The van der Waals surface area contributed by atoms with Gasteiger partial charge in [-0.3, -0.25) is 0 Å². The maximum absolute atomic E-state index is 5.39. The second-order valence-corrected chi connectivity index (χ2v) is 4.15. The summed E-state index contributed by atoms with van der Waals surface area (Å²) in [5.74, 6) is 0. The number of ether oxygens (including phenoxy) is 1. The minimum Gasteiger partial charge on any atom is -0.383 e. The van der Waals surface area contributed by atoms with Gasteiger partial charge in [0.15, 0.2) is 0 Å². The topological polar surface area (TPSA) is 21.3 Å². The van der Waals surface area contributed by atoms with E-state index < -0.39 is 0 Å². The lowest BCUT2D eigenvalue weighted by molar-refractivity contribution is 0.144. The van der Waals surface area contributed by atoms with Crippen LogP contribution in [0.15, 0.2) is 29.2 Å². The highest BCUT2D eigenvalue weighted by Gasteiger charge is 1.93. The lowest BCUT2D eigenvalue weighted by Crippen LogP contribution is -2.09. The Balaban J connectivity index is 2.24. The Bertz CT molecular complexity index is 278. The van der Waals surface area contributed by atoms with E-state index in [-0.39, 0.29) is 0 Å². The molecular formula is C12H19NOS. The van der Waals surface area contributed by atoms with E-state index in [1.807, 2.05) is 0 Å². The molecule has 3 heteroatoms. The molecular weight excluding hydrogens is 206 g/mol. The zero-order valence-electron chi connectivity index (χ0n) is 9.45. The molecule has 1 N–H and O–H groups in total. The standard InChI is InChI=1S/C12H19NOS/c1-3-8-14-9-7-13-11-5-4-6-12(10-11)15-2/h4-6,10,13H,3,7-9H2,1-2H3. The van der Waals surface area contributed by atoms with Crippen LogP contribution in [0.3, 0.4) is 0 Å². The van der Waals surface area contributed by atoms with E-state index in [1.165, 1.54) is 10.6 Å². The molecule has 0 amide bonds. The van der Waals surface area contributed by atoms with Gasteiger partial charge in [-0.15, -0.1) is 11.8 Å². The fourth-order valence-electron chi connectivity index (χ4n) is 1.25. The molecule has 1 aromatic carbocycles. The Morgan fingerprint density at radius 2 is 2.20 bits per heavy atom. The normalized spacial score (nSPS) is 10.3. The van der Waals surface area contributed by atoms with E-state index >= 15 is 0 Å². The Morgan fingerprint density at radius 1 is 1.33 bits per heavy atom. The number of thioether (sulfide) groups is 1. The van der Waals surface area contributed by atoms with Gasteiger partial charge in [-0.25, -0.2) is 0 Å². The van der Waals surface area contributed by atoms with E-state index in [0.717, 1.165) is 26.2 Å². The molecule has 0 unspecified atom stereocenters. The van der Waals surface area contributed by atoms with Crippen molar-refractivity contribution in [3.8, 4) is 0 Å². The maximum Gasteiger partial charge on any atom is 0.0639 e. The predicted molar refractivity (Wildman–Crippen MR) is 67.8 cm³/mol. The molecule has 0 aliphatic carbocycles. The molecule has 0 heterocycles. The molecule has 15 heavy (non-hydrogen) atoms. The number of benzene rings is 1. The highest BCUT2D eigenvalue weighted by molar-refractivity contribution is 7.98. The molecule has 0 spiro atoms. The molecule has 0 saturated carbocycles. The average molecular weight is 225 g/mol. The van der Waals surface area contributed by atoms with Gasteiger partial charge in [-0.2, -0.15) is 0 Å². The van der Waals surface area contributed by atoms with Crippen molar-refractivity contribution in [3.05, 3.63) is 24.3 Å². The van der Waals surface area contributed by atoms with Gasteiger partial charge in [0.1, 0.15) is 0 Å². The van der Waals surface area contributed by atoms with E-state index in [0.29, 0.717) is 0 Å². The summed E-state index contributed by atoms with van der Waals surface area (Å²) in [4.78, 5) is 1.29. The van der Waals surface area contributed by atoms with Gasteiger partial charge < -0.3 is 10.1 Å². The van der Waals surface area contributed by atoms with Crippen LogP contribution in [0.5, 0.6) is 0 Å². The molecule has 2 nitrogen and oxygen atoms in total. The van der Waals surface area contributed by atoms with Crippen molar-refractivity contribution in [3.63, 3.8) is 0 Å². The van der Waals surface area contributed by atoms with Crippen LogP contribution in [0.1, 0.15) is 13.3 Å². The molecule has 0 aromatic heterocycles. The average Bonchev–Trinajstić information content (AvgIpc) is 2.29. The minimum absolute atomic E-state index is 0.775.